The molecular formula is C16H27N5O3S2. The lowest BCUT2D eigenvalue weighted by Crippen LogP contribution is -2.47. The first-order valence-electron chi connectivity index (χ1n) is 8.91. The Balaban J connectivity index is 1.42. The lowest BCUT2D eigenvalue weighted by atomic mass is 10.2. The first-order valence-corrected chi connectivity index (χ1v) is 11.3. The summed E-state index contributed by atoms with van der Waals surface area (Å²) in [5.74, 6) is 0.830. The first-order chi connectivity index (χ1) is 12.6. The van der Waals surface area contributed by atoms with Crippen LogP contribution in [0.2, 0.25) is 0 Å². The Labute approximate surface area is 159 Å². The van der Waals surface area contributed by atoms with E-state index in [9.17, 15) is 8.42 Å². The van der Waals surface area contributed by atoms with Gasteiger partial charge in [0.1, 0.15) is 4.21 Å². The van der Waals surface area contributed by atoms with Gasteiger partial charge in [0.15, 0.2) is 5.96 Å². The van der Waals surface area contributed by atoms with Gasteiger partial charge in [-0.05, 0) is 17.9 Å². The molecule has 2 fully saturated rings. The zero-order valence-corrected chi connectivity index (χ0v) is 16.7. The highest BCUT2D eigenvalue weighted by Gasteiger charge is 2.30. The molecule has 0 saturated carbocycles. The van der Waals surface area contributed by atoms with Crippen molar-refractivity contribution < 1.29 is 13.2 Å². The third-order valence-electron chi connectivity index (χ3n) is 4.70. The van der Waals surface area contributed by atoms with Crippen molar-refractivity contribution in [2.45, 2.75) is 16.7 Å². The molecule has 0 bridgehead atoms. The molecule has 0 radical (unpaired) electrons. The van der Waals surface area contributed by atoms with E-state index in [1.54, 1.807) is 24.6 Å². The van der Waals surface area contributed by atoms with Crippen LogP contribution in [0.5, 0.6) is 0 Å². The lowest BCUT2D eigenvalue weighted by molar-refractivity contribution is 0.0195. The summed E-state index contributed by atoms with van der Waals surface area (Å²) in [6.45, 7) is 6.34. The first kappa shape index (κ1) is 19.6. The van der Waals surface area contributed by atoms with E-state index in [1.807, 2.05) is 0 Å². The van der Waals surface area contributed by atoms with Crippen molar-refractivity contribution in [2.75, 3.05) is 59.5 Å². The number of guanidine groups is 1. The van der Waals surface area contributed by atoms with Crippen molar-refractivity contribution in [3.8, 4) is 0 Å². The minimum Gasteiger partial charge on any atom is -0.379 e. The maximum atomic E-state index is 12.1. The zero-order chi connectivity index (χ0) is 18.4. The van der Waals surface area contributed by atoms with E-state index in [0.29, 0.717) is 23.3 Å². The maximum absolute atomic E-state index is 12.1. The van der Waals surface area contributed by atoms with Crippen LogP contribution in [0.15, 0.2) is 26.7 Å². The number of hydrogen-bond acceptors (Lipinski definition) is 6. The summed E-state index contributed by atoms with van der Waals surface area (Å²) >= 11 is 1.22. The number of hydrogen-bond donors (Lipinski definition) is 2. The number of rotatable bonds is 6. The van der Waals surface area contributed by atoms with Crippen LogP contribution in [0.1, 0.15) is 6.42 Å². The maximum Gasteiger partial charge on any atom is 0.250 e. The Bertz CT molecular complexity index is 687. The van der Waals surface area contributed by atoms with E-state index in [2.05, 4.69) is 24.8 Å². The Morgan fingerprint density at radius 3 is 2.85 bits per heavy atom. The van der Waals surface area contributed by atoms with Gasteiger partial charge in [0, 0.05) is 52.4 Å². The summed E-state index contributed by atoms with van der Waals surface area (Å²) in [5, 5.41) is 5.02. The largest absolute Gasteiger partial charge is 0.379 e. The molecule has 1 aromatic rings. The molecule has 8 nitrogen and oxygen atoms in total. The van der Waals surface area contributed by atoms with Crippen molar-refractivity contribution in [3.63, 3.8) is 0 Å². The minimum absolute atomic E-state index is 0.319. The molecule has 146 valence electrons. The number of likely N-dealkylation sites (tertiary alicyclic amines) is 1. The highest BCUT2D eigenvalue weighted by atomic mass is 32.2. The van der Waals surface area contributed by atoms with Crippen LogP contribution in [-0.2, 0) is 14.8 Å². The monoisotopic (exact) mass is 401 g/mol. The Hall–Kier alpha value is -1.20. The fourth-order valence-corrected chi connectivity index (χ4v) is 5.42. The Morgan fingerprint density at radius 2 is 2.15 bits per heavy atom. The smallest absolute Gasteiger partial charge is 0.250 e. The van der Waals surface area contributed by atoms with E-state index >= 15 is 0 Å². The molecule has 0 spiro atoms. The van der Waals surface area contributed by atoms with Gasteiger partial charge >= 0.3 is 0 Å². The topological polar surface area (TPSA) is 86.3 Å². The molecule has 10 heteroatoms. The molecule has 1 unspecified atom stereocenters. The van der Waals surface area contributed by atoms with E-state index in [-0.39, 0.29) is 0 Å². The highest BCUT2D eigenvalue weighted by Crippen LogP contribution is 2.17. The number of nitrogens with one attached hydrogen (secondary N) is 2. The molecule has 2 aliphatic rings. The second kappa shape index (κ2) is 9.14. The SMILES string of the molecule is CN=C(NCCNS(=O)(=O)c1cccs1)N1CCC(N2CCOCC2)C1. The van der Waals surface area contributed by atoms with Gasteiger partial charge in [0.05, 0.1) is 13.2 Å². The van der Waals surface area contributed by atoms with Gasteiger partial charge in [-0.15, -0.1) is 11.3 Å². The fraction of sp³-hybridized carbons (Fsp3) is 0.688. The van der Waals surface area contributed by atoms with Crippen LogP contribution >= 0.6 is 11.3 Å². The second-order valence-corrected chi connectivity index (χ2v) is 9.28. The lowest BCUT2D eigenvalue weighted by Gasteiger charge is -2.32. The molecule has 1 atom stereocenters. The molecule has 26 heavy (non-hydrogen) atoms. The van der Waals surface area contributed by atoms with Crippen molar-refractivity contribution in [1.82, 2.24) is 19.8 Å². The van der Waals surface area contributed by atoms with Gasteiger partial charge in [-0.1, -0.05) is 6.07 Å². The molecule has 2 saturated heterocycles. The van der Waals surface area contributed by atoms with Gasteiger partial charge in [-0.25, -0.2) is 13.1 Å². The van der Waals surface area contributed by atoms with Crippen LogP contribution in [0.4, 0.5) is 0 Å². The molecule has 2 aliphatic heterocycles. The third kappa shape index (κ3) is 4.95. The fourth-order valence-electron chi connectivity index (χ4n) is 3.35. The van der Waals surface area contributed by atoms with Crippen LogP contribution < -0.4 is 10.0 Å². The molecule has 1 aromatic heterocycles. The quantitative estimate of drug-likeness (QED) is 0.397. The van der Waals surface area contributed by atoms with E-state index in [1.165, 1.54) is 11.3 Å². The van der Waals surface area contributed by atoms with E-state index in [0.717, 1.165) is 51.8 Å². The second-order valence-electron chi connectivity index (χ2n) is 6.34. The van der Waals surface area contributed by atoms with Gasteiger partial charge in [-0.2, -0.15) is 0 Å². The van der Waals surface area contributed by atoms with Gasteiger partial charge in [-0.3, -0.25) is 9.89 Å². The van der Waals surface area contributed by atoms with E-state index < -0.39 is 10.0 Å². The Morgan fingerprint density at radius 1 is 1.35 bits per heavy atom. The molecule has 3 heterocycles. The van der Waals surface area contributed by atoms with Crippen LogP contribution in [0.3, 0.4) is 0 Å². The standard InChI is InChI=1S/C16H27N5O3S2/c1-17-16(18-5-6-19-26(22,23)15-3-2-12-25-15)21-7-4-14(13-21)20-8-10-24-11-9-20/h2-3,12,14,19H,4-11,13H2,1H3,(H,17,18). The number of thiophene rings is 1. The van der Waals surface area contributed by atoms with Crippen LogP contribution in [-0.4, -0.2) is 89.7 Å². The third-order valence-corrected chi connectivity index (χ3v) is 7.56. The summed E-state index contributed by atoms with van der Waals surface area (Å²) in [5.41, 5.74) is 0. The summed E-state index contributed by atoms with van der Waals surface area (Å²) in [7, 11) is -1.64. The molecule has 0 aromatic carbocycles. The normalized spacial score (nSPS) is 22.7. The average molecular weight is 402 g/mol. The molecule has 0 amide bonds. The van der Waals surface area contributed by atoms with Crippen LogP contribution in [0.25, 0.3) is 0 Å². The summed E-state index contributed by atoms with van der Waals surface area (Å²) in [4.78, 5) is 9.08. The molecule has 0 aliphatic carbocycles. The van der Waals surface area contributed by atoms with Crippen molar-refractivity contribution in [3.05, 3.63) is 17.5 Å². The van der Waals surface area contributed by atoms with Gasteiger partial charge in [0.25, 0.3) is 0 Å². The van der Waals surface area contributed by atoms with Gasteiger partial charge in [0.2, 0.25) is 10.0 Å². The number of morpholine rings is 1. The zero-order valence-electron chi connectivity index (χ0n) is 15.1. The van der Waals surface area contributed by atoms with Crippen LogP contribution in [0, 0.1) is 0 Å². The Kier molecular flexibility index (Phi) is 6.87. The van der Waals surface area contributed by atoms with Gasteiger partial charge < -0.3 is 15.0 Å². The number of ether oxygens (including phenoxy) is 1. The number of nitrogens with zero attached hydrogens (tertiary/aromatic N) is 3. The van der Waals surface area contributed by atoms with Crippen molar-refractivity contribution >= 4 is 27.3 Å². The van der Waals surface area contributed by atoms with Crippen molar-refractivity contribution in [2.24, 2.45) is 4.99 Å². The summed E-state index contributed by atoms with van der Waals surface area (Å²) in [6.07, 6.45) is 1.12. The summed E-state index contributed by atoms with van der Waals surface area (Å²) < 4.78 is 32.6. The number of aliphatic imine (C=N–C) groups is 1. The highest BCUT2D eigenvalue weighted by molar-refractivity contribution is 7.91. The van der Waals surface area contributed by atoms with E-state index in [4.69, 9.17) is 4.74 Å². The predicted molar refractivity (Wildman–Crippen MR) is 103 cm³/mol. The average Bonchev–Trinajstić information content (AvgIpc) is 3.35. The molecular weight excluding hydrogens is 374 g/mol. The number of sulfonamides is 1. The summed E-state index contributed by atoms with van der Waals surface area (Å²) in [6, 6.07) is 3.88. The molecule has 2 N–H and O–H groups in total. The minimum atomic E-state index is -3.41. The van der Waals surface area contributed by atoms with Crippen molar-refractivity contribution in [1.29, 1.82) is 0 Å². The molecule has 3 rings (SSSR count). The predicted octanol–water partition coefficient (Wildman–Crippen LogP) is 0.00830.